The third kappa shape index (κ3) is 5.03. The first-order valence-corrected chi connectivity index (χ1v) is 14.6. The van der Waals surface area contributed by atoms with Crippen molar-refractivity contribution in [1.82, 2.24) is 10.2 Å². The van der Waals surface area contributed by atoms with Gasteiger partial charge in [-0.05, 0) is 47.5 Å². The van der Waals surface area contributed by atoms with E-state index < -0.39 is 17.7 Å². The number of hydrogen-bond acceptors (Lipinski definition) is 9. The molecule has 1 saturated heterocycles. The van der Waals surface area contributed by atoms with Crippen molar-refractivity contribution in [1.29, 1.82) is 0 Å². The maximum Gasteiger partial charge on any atom is 0.301 e. The van der Waals surface area contributed by atoms with Crippen molar-refractivity contribution in [3.8, 4) is 11.5 Å². The highest BCUT2D eigenvalue weighted by atomic mass is 35.5. The topological polar surface area (TPSA) is 102 Å². The van der Waals surface area contributed by atoms with Crippen molar-refractivity contribution in [3.63, 3.8) is 0 Å². The highest BCUT2D eigenvalue weighted by molar-refractivity contribution is 8.00. The minimum atomic E-state index is -0.985. The molecule has 2 aliphatic heterocycles. The minimum Gasteiger partial charge on any atom is -0.507 e. The van der Waals surface area contributed by atoms with E-state index in [1.54, 1.807) is 42.5 Å². The number of thioether (sulfide) groups is 1. The van der Waals surface area contributed by atoms with Crippen LogP contribution in [0.4, 0.5) is 5.13 Å². The molecule has 3 heterocycles. The lowest BCUT2D eigenvalue weighted by Gasteiger charge is -2.23. The Balaban J connectivity index is 1.39. The van der Waals surface area contributed by atoms with E-state index in [1.807, 2.05) is 24.3 Å². The predicted molar refractivity (Wildman–Crippen MR) is 155 cm³/mol. The number of fused-ring (bicyclic) bond motifs is 1. The summed E-state index contributed by atoms with van der Waals surface area (Å²) in [6.45, 7) is 0.775. The summed E-state index contributed by atoms with van der Waals surface area (Å²) >= 11 is 15.2. The number of rotatable bonds is 6. The van der Waals surface area contributed by atoms with Gasteiger partial charge in [-0.1, -0.05) is 76.6 Å². The van der Waals surface area contributed by atoms with E-state index in [1.165, 1.54) is 28.0 Å². The molecule has 1 N–H and O–H groups in total. The normalized spacial score (nSPS) is 17.9. The zero-order valence-corrected chi connectivity index (χ0v) is 23.7. The first-order valence-electron chi connectivity index (χ1n) is 12.1. The lowest BCUT2D eigenvalue weighted by Crippen LogP contribution is -2.29. The van der Waals surface area contributed by atoms with Crippen LogP contribution in [0.2, 0.25) is 10.0 Å². The number of nitrogens with zero attached hydrogens (tertiary/aromatic N) is 3. The van der Waals surface area contributed by atoms with E-state index in [2.05, 4.69) is 10.2 Å². The third-order valence-corrected chi connectivity index (χ3v) is 9.04. The number of carbonyl (C=O) groups excluding carboxylic acids is 2. The van der Waals surface area contributed by atoms with Gasteiger partial charge in [-0.3, -0.25) is 14.5 Å². The molecule has 40 heavy (non-hydrogen) atoms. The van der Waals surface area contributed by atoms with E-state index >= 15 is 0 Å². The fraction of sp³-hybridized carbons (Fsp3) is 0.143. The van der Waals surface area contributed by atoms with Gasteiger partial charge in [-0.25, -0.2) is 0 Å². The van der Waals surface area contributed by atoms with Crippen LogP contribution in [0.5, 0.6) is 11.5 Å². The summed E-state index contributed by atoms with van der Waals surface area (Å²) in [7, 11) is 0. The average molecular weight is 613 g/mol. The second kappa shape index (κ2) is 11.1. The molecule has 0 spiro atoms. The van der Waals surface area contributed by atoms with Crippen LogP contribution in [0.3, 0.4) is 0 Å². The van der Waals surface area contributed by atoms with Gasteiger partial charge in [0.1, 0.15) is 19.0 Å². The highest BCUT2D eigenvalue weighted by Crippen LogP contribution is 2.45. The fourth-order valence-electron chi connectivity index (χ4n) is 4.48. The van der Waals surface area contributed by atoms with Gasteiger partial charge in [0.05, 0.1) is 11.6 Å². The lowest BCUT2D eigenvalue weighted by atomic mass is 9.95. The van der Waals surface area contributed by atoms with Crippen molar-refractivity contribution in [3.05, 3.63) is 99.0 Å². The van der Waals surface area contributed by atoms with Crippen molar-refractivity contribution < 1.29 is 24.2 Å². The zero-order chi connectivity index (χ0) is 27.8. The third-order valence-electron chi connectivity index (χ3n) is 6.34. The Hall–Kier alpha value is -3.57. The summed E-state index contributed by atoms with van der Waals surface area (Å²) in [6.07, 6.45) is 0. The van der Waals surface area contributed by atoms with Crippen molar-refractivity contribution in [2.45, 2.75) is 16.1 Å². The molecule has 1 amide bonds. The number of aromatic nitrogens is 2. The number of benzene rings is 3. The molecule has 6 rings (SSSR count). The van der Waals surface area contributed by atoms with Crippen LogP contribution in [0.15, 0.2) is 76.6 Å². The summed E-state index contributed by atoms with van der Waals surface area (Å²) in [6, 6.07) is 18.2. The predicted octanol–water partition coefficient (Wildman–Crippen LogP) is 6.53. The van der Waals surface area contributed by atoms with Crippen LogP contribution in [0.25, 0.3) is 5.76 Å². The van der Waals surface area contributed by atoms with E-state index in [0.717, 1.165) is 5.56 Å². The van der Waals surface area contributed by atoms with E-state index in [0.29, 0.717) is 56.0 Å². The van der Waals surface area contributed by atoms with Gasteiger partial charge in [-0.2, -0.15) is 0 Å². The highest BCUT2D eigenvalue weighted by Gasteiger charge is 2.48. The summed E-state index contributed by atoms with van der Waals surface area (Å²) in [4.78, 5) is 28.2. The Morgan fingerprint density at radius 3 is 2.60 bits per heavy atom. The summed E-state index contributed by atoms with van der Waals surface area (Å²) in [5, 5.41) is 21.2. The van der Waals surface area contributed by atoms with Crippen LogP contribution in [-0.2, 0) is 15.3 Å². The van der Waals surface area contributed by atoms with Crippen LogP contribution in [0, 0.1) is 0 Å². The van der Waals surface area contributed by atoms with Crippen molar-refractivity contribution in [2.75, 3.05) is 18.1 Å². The van der Waals surface area contributed by atoms with E-state index in [9.17, 15) is 14.7 Å². The number of aliphatic hydroxyl groups is 1. The molecule has 1 aromatic heterocycles. The first-order chi connectivity index (χ1) is 19.4. The molecule has 202 valence electrons. The number of carbonyl (C=O) groups is 2. The molecule has 0 radical (unpaired) electrons. The molecular weight excluding hydrogens is 593 g/mol. The molecule has 8 nitrogen and oxygen atoms in total. The molecule has 1 atom stereocenters. The molecule has 1 unspecified atom stereocenters. The zero-order valence-electron chi connectivity index (χ0n) is 20.5. The number of ether oxygens (including phenoxy) is 2. The van der Waals surface area contributed by atoms with Crippen molar-refractivity contribution >= 4 is 68.9 Å². The quantitative estimate of drug-likeness (QED) is 0.0862. The average Bonchev–Trinajstić information content (AvgIpc) is 3.54. The van der Waals surface area contributed by atoms with Gasteiger partial charge in [0, 0.05) is 21.4 Å². The summed E-state index contributed by atoms with van der Waals surface area (Å²) in [5.74, 6) is -0.505. The number of anilines is 1. The number of hydrogen-bond donors (Lipinski definition) is 1. The van der Waals surface area contributed by atoms with Crippen molar-refractivity contribution in [2.24, 2.45) is 0 Å². The molecule has 1 fully saturated rings. The minimum absolute atomic E-state index is 0.0931. The summed E-state index contributed by atoms with van der Waals surface area (Å²) < 4.78 is 11.8. The van der Waals surface area contributed by atoms with Gasteiger partial charge in [0.15, 0.2) is 15.8 Å². The van der Waals surface area contributed by atoms with Gasteiger partial charge in [0.2, 0.25) is 5.13 Å². The Morgan fingerprint density at radius 2 is 1.80 bits per heavy atom. The molecular formula is C28H19Cl2N3O5S2. The van der Waals surface area contributed by atoms with Crippen LogP contribution < -0.4 is 14.4 Å². The summed E-state index contributed by atoms with van der Waals surface area (Å²) in [5.41, 5.74) is 1.68. The van der Waals surface area contributed by atoms with E-state index in [-0.39, 0.29) is 16.5 Å². The van der Waals surface area contributed by atoms with Crippen LogP contribution in [-0.4, -0.2) is 40.2 Å². The Labute approximate surface area is 247 Å². The molecule has 2 aliphatic rings. The lowest BCUT2D eigenvalue weighted by molar-refractivity contribution is -0.132. The van der Waals surface area contributed by atoms with E-state index in [4.69, 9.17) is 32.7 Å². The molecule has 0 bridgehead atoms. The Bertz CT molecular complexity index is 1680. The fourth-order valence-corrected chi connectivity index (χ4v) is 6.83. The number of aliphatic hydroxyl groups excluding tert-OH is 1. The number of amides is 1. The van der Waals surface area contributed by atoms with Crippen LogP contribution >= 0.6 is 46.3 Å². The standard InChI is InChI=1S/C28H19Cl2N3O5S2/c29-18-6-3-5-15(12-18)23-22(24(34)16-8-9-20-21(13-16)38-11-10-37-20)25(35)26(36)33(23)27-31-32-28(40-27)39-14-17-4-1-2-7-19(17)30/h1-9,12-13,23,34H,10-11,14H2. The maximum absolute atomic E-state index is 13.5. The van der Waals surface area contributed by atoms with Gasteiger partial charge in [0.25, 0.3) is 5.78 Å². The van der Waals surface area contributed by atoms with Gasteiger partial charge >= 0.3 is 5.91 Å². The largest absolute Gasteiger partial charge is 0.507 e. The number of ketones is 1. The Morgan fingerprint density at radius 1 is 1.00 bits per heavy atom. The second-order valence-corrected chi connectivity index (χ2v) is 11.8. The smallest absolute Gasteiger partial charge is 0.301 e. The molecule has 0 aliphatic carbocycles. The molecule has 3 aromatic carbocycles. The maximum atomic E-state index is 13.5. The molecule has 4 aromatic rings. The van der Waals surface area contributed by atoms with Crippen LogP contribution in [0.1, 0.15) is 22.7 Å². The van der Waals surface area contributed by atoms with Gasteiger partial charge in [-0.15, -0.1) is 10.2 Å². The molecule has 12 heteroatoms. The van der Waals surface area contributed by atoms with Gasteiger partial charge < -0.3 is 14.6 Å². The second-order valence-electron chi connectivity index (χ2n) is 8.81. The first kappa shape index (κ1) is 26.6. The monoisotopic (exact) mass is 611 g/mol. The Kier molecular flexibility index (Phi) is 7.41. The SMILES string of the molecule is O=C1C(=O)N(c2nnc(SCc3ccccc3Cl)s2)C(c2cccc(Cl)c2)C1=C(O)c1ccc2c(c1)OCCO2. The number of Topliss-reactive ketones (excluding diaryl/α,β-unsaturated/α-hetero) is 1. The number of halogens is 2. The molecule has 0 saturated carbocycles.